The van der Waals surface area contributed by atoms with Crippen molar-refractivity contribution < 1.29 is 13.5 Å². The summed E-state index contributed by atoms with van der Waals surface area (Å²) in [6.07, 6.45) is 1.42. The van der Waals surface area contributed by atoms with Crippen molar-refractivity contribution in [2.75, 3.05) is 5.32 Å². The van der Waals surface area contributed by atoms with Gasteiger partial charge in [0.2, 0.25) is 0 Å². The minimum absolute atomic E-state index is 0.131. The first-order chi connectivity index (χ1) is 10.6. The molecular weight excluding hydrogens is 292 g/mol. The van der Waals surface area contributed by atoms with Crippen molar-refractivity contribution in [3.8, 4) is 5.75 Å². The molecule has 0 saturated heterocycles. The highest BCUT2D eigenvalue weighted by molar-refractivity contribution is 5.45. The standard InChI is InChI=1S/C14H13F2N5O/c1-9-5-12(21-14(20-9)18-8-19-21)17-7-10-3-2-4-11(6-10)22-13(15)16/h2-6,8,13,17H,7H2,1H3. The molecular formula is C14H13F2N5O. The van der Waals surface area contributed by atoms with Gasteiger partial charge >= 0.3 is 6.61 Å². The van der Waals surface area contributed by atoms with Crippen LogP contribution in [0, 0.1) is 6.92 Å². The van der Waals surface area contributed by atoms with E-state index in [1.54, 1.807) is 16.6 Å². The molecule has 114 valence electrons. The van der Waals surface area contributed by atoms with Gasteiger partial charge < -0.3 is 10.1 Å². The zero-order valence-corrected chi connectivity index (χ0v) is 11.7. The second kappa shape index (κ2) is 5.92. The van der Waals surface area contributed by atoms with E-state index in [1.807, 2.05) is 19.1 Å². The van der Waals surface area contributed by atoms with Crippen LogP contribution >= 0.6 is 0 Å². The fraction of sp³-hybridized carbons (Fsp3) is 0.214. The van der Waals surface area contributed by atoms with Crippen molar-refractivity contribution in [3.05, 3.63) is 47.9 Å². The van der Waals surface area contributed by atoms with E-state index in [2.05, 4.69) is 25.1 Å². The molecule has 0 bridgehead atoms. The molecule has 0 aliphatic rings. The van der Waals surface area contributed by atoms with E-state index >= 15 is 0 Å². The van der Waals surface area contributed by atoms with Gasteiger partial charge in [0.05, 0.1) is 0 Å². The van der Waals surface area contributed by atoms with Gasteiger partial charge in [0, 0.05) is 18.3 Å². The highest BCUT2D eigenvalue weighted by Gasteiger charge is 2.07. The Balaban J connectivity index is 1.78. The summed E-state index contributed by atoms with van der Waals surface area (Å²) in [6, 6.07) is 8.37. The third kappa shape index (κ3) is 3.11. The minimum atomic E-state index is -2.83. The quantitative estimate of drug-likeness (QED) is 0.785. The van der Waals surface area contributed by atoms with Crippen LogP contribution in [0.2, 0.25) is 0 Å². The highest BCUT2D eigenvalue weighted by Crippen LogP contribution is 2.17. The van der Waals surface area contributed by atoms with Crippen LogP contribution in [0.5, 0.6) is 5.75 Å². The third-order valence-corrected chi connectivity index (χ3v) is 2.98. The van der Waals surface area contributed by atoms with Crippen LogP contribution in [-0.4, -0.2) is 26.2 Å². The summed E-state index contributed by atoms with van der Waals surface area (Å²) < 4.78 is 30.4. The Kier molecular flexibility index (Phi) is 3.82. The molecule has 0 spiro atoms. The normalized spacial score (nSPS) is 11.1. The van der Waals surface area contributed by atoms with Gasteiger partial charge in [-0.15, -0.1) is 0 Å². The van der Waals surface area contributed by atoms with Crippen LogP contribution in [0.15, 0.2) is 36.7 Å². The molecule has 6 nitrogen and oxygen atoms in total. The summed E-state index contributed by atoms with van der Waals surface area (Å²) >= 11 is 0. The molecule has 0 aliphatic heterocycles. The molecule has 0 atom stereocenters. The summed E-state index contributed by atoms with van der Waals surface area (Å²) in [6.45, 7) is -0.545. The second-order valence-electron chi connectivity index (χ2n) is 4.63. The Labute approximate surface area is 124 Å². The zero-order chi connectivity index (χ0) is 15.5. The van der Waals surface area contributed by atoms with Gasteiger partial charge in [-0.2, -0.15) is 23.4 Å². The van der Waals surface area contributed by atoms with E-state index < -0.39 is 6.61 Å². The maximum atomic E-state index is 12.2. The van der Waals surface area contributed by atoms with Gasteiger partial charge in [-0.1, -0.05) is 12.1 Å². The Hall–Kier alpha value is -2.77. The van der Waals surface area contributed by atoms with Crippen molar-refractivity contribution in [1.82, 2.24) is 19.6 Å². The Morgan fingerprint density at radius 1 is 1.32 bits per heavy atom. The number of nitrogens with one attached hydrogen (secondary N) is 1. The summed E-state index contributed by atoms with van der Waals surface area (Å²) in [7, 11) is 0. The van der Waals surface area contributed by atoms with Gasteiger partial charge in [0.15, 0.2) is 0 Å². The summed E-state index contributed by atoms with van der Waals surface area (Å²) in [5.41, 5.74) is 1.61. The van der Waals surface area contributed by atoms with Gasteiger partial charge in [0.1, 0.15) is 17.9 Å². The average Bonchev–Trinajstić information content (AvgIpc) is 2.92. The molecule has 0 saturated carbocycles. The van der Waals surface area contributed by atoms with Gasteiger partial charge in [0.25, 0.3) is 5.78 Å². The average molecular weight is 305 g/mol. The number of hydrogen-bond acceptors (Lipinski definition) is 5. The summed E-state index contributed by atoms with van der Waals surface area (Å²) in [4.78, 5) is 8.28. The minimum Gasteiger partial charge on any atom is -0.435 e. The predicted octanol–water partition coefficient (Wildman–Crippen LogP) is 2.65. The van der Waals surface area contributed by atoms with Gasteiger partial charge in [-0.05, 0) is 24.6 Å². The summed E-state index contributed by atoms with van der Waals surface area (Å²) in [5, 5.41) is 7.27. The SMILES string of the molecule is Cc1cc(NCc2cccc(OC(F)F)c2)n2ncnc2n1. The van der Waals surface area contributed by atoms with E-state index in [0.29, 0.717) is 12.3 Å². The molecule has 0 amide bonds. The number of hydrogen-bond donors (Lipinski definition) is 1. The molecule has 0 unspecified atom stereocenters. The first-order valence-corrected chi connectivity index (χ1v) is 6.57. The molecule has 2 aromatic heterocycles. The molecule has 2 heterocycles. The second-order valence-corrected chi connectivity index (χ2v) is 4.63. The Bertz CT molecular complexity index is 790. The number of aryl methyl sites for hydroxylation is 1. The van der Waals surface area contributed by atoms with Crippen LogP contribution < -0.4 is 10.1 Å². The lowest BCUT2D eigenvalue weighted by Gasteiger charge is -2.10. The van der Waals surface area contributed by atoms with E-state index in [-0.39, 0.29) is 5.75 Å². The number of alkyl halides is 2. The molecule has 1 N–H and O–H groups in total. The van der Waals surface area contributed by atoms with Crippen molar-refractivity contribution in [2.24, 2.45) is 0 Å². The lowest BCUT2D eigenvalue weighted by atomic mass is 10.2. The van der Waals surface area contributed by atoms with Crippen molar-refractivity contribution in [3.63, 3.8) is 0 Å². The molecule has 0 aliphatic carbocycles. The van der Waals surface area contributed by atoms with Crippen molar-refractivity contribution >= 4 is 11.6 Å². The van der Waals surface area contributed by atoms with Crippen LogP contribution in [0.3, 0.4) is 0 Å². The molecule has 3 rings (SSSR count). The van der Waals surface area contributed by atoms with Crippen LogP contribution in [0.4, 0.5) is 14.6 Å². The predicted molar refractivity (Wildman–Crippen MR) is 75.9 cm³/mol. The largest absolute Gasteiger partial charge is 0.435 e. The van der Waals surface area contributed by atoms with Gasteiger partial charge in [-0.3, -0.25) is 0 Å². The van der Waals surface area contributed by atoms with Crippen LogP contribution in [0.25, 0.3) is 5.78 Å². The number of benzene rings is 1. The fourth-order valence-electron chi connectivity index (χ4n) is 2.08. The topological polar surface area (TPSA) is 64.3 Å². The van der Waals surface area contributed by atoms with E-state index in [1.165, 1.54) is 12.4 Å². The van der Waals surface area contributed by atoms with Crippen LogP contribution in [0.1, 0.15) is 11.3 Å². The zero-order valence-electron chi connectivity index (χ0n) is 11.7. The number of aromatic nitrogens is 4. The van der Waals surface area contributed by atoms with E-state index in [9.17, 15) is 8.78 Å². The van der Waals surface area contributed by atoms with E-state index in [4.69, 9.17) is 0 Å². The first kappa shape index (κ1) is 14.2. The van der Waals surface area contributed by atoms with Crippen molar-refractivity contribution in [2.45, 2.75) is 20.1 Å². The number of fused-ring (bicyclic) bond motifs is 1. The highest BCUT2D eigenvalue weighted by atomic mass is 19.3. The van der Waals surface area contributed by atoms with Crippen LogP contribution in [-0.2, 0) is 6.54 Å². The smallest absolute Gasteiger partial charge is 0.387 e. The molecule has 0 fully saturated rings. The van der Waals surface area contributed by atoms with E-state index in [0.717, 1.165) is 17.1 Å². The number of ether oxygens (including phenoxy) is 1. The molecule has 1 aromatic carbocycles. The Morgan fingerprint density at radius 3 is 3.00 bits per heavy atom. The monoisotopic (exact) mass is 305 g/mol. The molecule has 22 heavy (non-hydrogen) atoms. The number of rotatable bonds is 5. The number of nitrogens with zero attached hydrogens (tertiary/aromatic N) is 4. The first-order valence-electron chi connectivity index (χ1n) is 6.57. The molecule has 8 heteroatoms. The molecule has 0 radical (unpaired) electrons. The molecule has 3 aromatic rings. The number of anilines is 1. The van der Waals surface area contributed by atoms with Gasteiger partial charge in [-0.25, -0.2) is 4.98 Å². The lowest BCUT2D eigenvalue weighted by molar-refractivity contribution is -0.0498. The lowest BCUT2D eigenvalue weighted by Crippen LogP contribution is -2.07. The van der Waals surface area contributed by atoms with Crippen molar-refractivity contribution in [1.29, 1.82) is 0 Å². The maximum Gasteiger partial charge on any atom is 0.387 e. The number of halogens is 2. The third-order valence-electron chi connectivity index (χ3n) is 2.98. The summed E-state index contributed by atoms with van der Waals surface area (Å²) in [5.74, 6) is 1.35. The maximum absolute atomic E-state index is 12.2. The fourth-order valence-corrected chi connectivity index (χ4v) is 2.08. The Morgan fingerprint density at radius 2 is 2.18 bits per heavy atom.